The fraction of sp³-hybridized carbons (Fsp3) is 0.100. The minimum Gasteiger partial charge on any atom is -0.308 e. The summed E-state index contributed by atoms with van der Waals surface area (Å²) in [7, 11) is 0. The van der Waals surface area contributed by atoms with E-state index in [0.717, 1.165) is 11.3 Å². The molecule has 0 saturated heterocycles. The normalized spacial score (nSPS) is 15.7. The summed E-state index contributed by atoms with van der Waals surface area (Å²) in [6, 6.07) is 35.4. The minimum absolute atomic E-state index is 0.0128. The van der Waals surface area contributed by atoms with Crippen molar-refractivity contribution in [1.29, 1.82) is 0 Å². The number of anilines is 1. The molecule has 33 heavy (non-hydrogen) atoms. The molecule has 0 aliphatic carbocycles. The van der Waals surface area contributed by atoms with Crippen LogP contribution in [0.3, 0.4) is 0 Å². The maximum atomic E-state index is 13.5. The third kappa shape index (κ3) is 3.57. The number of carbonyl (C=O) groups excluding carboxylic acids is 1. The Balaban J connectivity index is 1.53. The molecular weight excluding hydrogens is 426 g/mol. The molecule has 0 radical (unpaired) electrons. The van der Waals surface area contributed by atoms with E-state index in [4.69, 9.17) is 11.6 Å². The smallest absolute Gasteiger partial charge is 0.228 e. The lowest BCUT2D eigenvalue weighted by atomic mass is 9.80. The van der Waals surface area contributed by atoms with Gasteiger partial charge in [-0.05, 0) is 56.4 Å². The summed E-state index contributed by atoms with van der Waals surface area (Å²) in [5.41, 5.74) is 4.43. The van der Waals surface area contributed by atoms with Crippen molar-refractivity contribution in [1.82, 2.24) is 0 Å². The lowest BCUT2D eigenvalue weighted by Gasteiger charge is -2.35. The second kappa shape index (κ2) is 8.06. The Morgan fingerprint density at radius 2 is 1.52 bits per heavy atom. The van der Waals surface area contributed by atoms with E-state index in [9.17, 15) is 4.79 Å². The number of amides is 1. The molecule has 160 valence electrons. The van der Waals surface area contributed by atoms with E-state index in [0.29, 0.717) is 18.0 Å². The van der Waals surface area contributed by atoms with Gasteiger partial charge in [0.25, 0.3) is 0 Å². The highest BCUT2D eigenvalue weighted by atomic mass is 35.5. The van der Waals surface area contributed by atoms with Crippen LogP contribution in [-0.4, -0.2) is 5.91 Å². The molecule has 1 atom stereocenters. The van der Waals surface area contributed by atoms with Crippen LogP contribution in [0.1, 0.15) is 29.0 Å². The van der Waals surface area contributed by atoms with Crippen LogP contribution >= 0.6 is 11.6 Å². The van der Waals surface area contributed by atoms with E-state index >= 15 is 0 Å². The van der Waals surface area contributed by atoms with Crippen LogP contribution in [-0.2, 0) is 11.3 Å². The number of benzene rings is 5. The van der Waals surface area contributed by atoms with Gasteiger partial charge in [0.15, 0.2) is 0 Å². The molecule has 0 fully saturated rings. The zero-order valence-electron chi connectivity index (χ0n) is 18.0. The van der Waals surface area contributed by atoms with Gasteiger partial charge < -0.3 is 4.90 Å². The summed E-state index contributed by atoms with van der Waals surface area (Å²) < 4.78 is 0. The first-order valence-corrected chi connectivity index (χ1v) is 11.6. The molecule has 1 heterocycles. The molecule has 3 heteroatoms. The molecule has 0 N–H and O–H groups in total. The summed E-state index contributed by atoms with van der Waals surface area (Å²) >= 11 is 6.22. The zero-order valence-corrected chi connectivity index (χ0v) is 18.8. The van der Waals surface area contributed by atoms with Crippen molar-refractivity contribution in [2.45, 2.75) is 18.9 Å². The van der Waals surface area contributed by atoms with Gasteiger partial charge in [-0.2, -0.15) is 0 Å². The predicted molar refractivity (Wildman–Crippen MR) is 137 cm³/mol. The summed E-state index contributed by atoms with van der Waals surface area (Å²) in [5.74, 6) is 0.148. The molecule has 0 spiro atoms. The van der Waals surface area contributed by atoms with Crippen molar-refractivity contribution < 1.29 is 4.79 Å². The number of carbonyl (C=O) groups is 1. The van der Waals surface area contributed by atoms with E-state index in [1.165, 1.54) is 32.7 Å². The van der Waals surface area contributed by atoms with Gasteiger partial charge >= 0.3 is 0 Å². The van der Waals surface area contributed by atoms with Crippen molar-refractivity contribution in [3.05, 3.63) is 125 Å². The Bertz CT molecular complexity index is 1520. The van der Waals surface area contributed by atoms with Crippen LogP contribution in [0, 0.1) is 0 Å². The predicted octanol–water partition coefficient (Wildman–Crippen LogP) is 7.72. The van der Waals surface area contributed by atoms with Crippen LogP contribution in [0.15, 0.2) is 103 Å². The van der Waals surface area contributed by atoms with Crippen LogP contribution < -0.4 is 4.90 Å². The van der Waals surface area contributed by atoms with Gasteiger partial charge in [-0.1, -0.05) is 96.5 Å². The Kier molecular flexibility index (Phi) is 4.89. The molecule has 1 amide bonds. The molecule has 5 aromatic rings. The highest BCUT2D eigenvalue weighted by Gasteiger charge is 2.33. The Morgan fingerprint density at radius 1 is 0.758 bits per heavy atom. The van der Waals surface area contributed by atoms with Crippen LogP contribution in [0.2, 0.25) is 5.02 Å². The van der Waals surface area contributed by atoms with Gasteiger partial charge in [-0.3, -0.25) is 4.79 Å². The second-order valence-corrected chi connectivity index (χ2v) is 9.13. The molecule has 1 unspecified atom stereocenters. The maximum Gasteiger partial charge on any atom is 0.228 e. The highest BCUT2D eigenvalue weighted by molar-refractivity contribution is 6.30. The molecule has 2 nitrogen and oxygen atoms in total. The first-order chi connectivity index (χ1) is 16.2. The van der Waals surface area contributed by atoms with Crippen molar-refractivity contribution in [3.63, 3.8) is 0 Å². The molecule has 5 aromatic carbocycles. The summed E-state index contributed by atoms with van der Waals surface area (Å²) in [5, 5.41) is 5.50. The van der Waals surface area contributed by atoms with E-state index in [-0.39, 0.29) is 11.8 Å². The van der Waals surface area contributed by atoms with Crippen LogP contribution in [0.5, 0.6) is 0 Å². The monoisotopic (exact) mass is 447 g/mol. The first-order valence-electron chi connectivity index (χ1n) is 11.2. The Labute approximate surface area is 198 Å². The number of rotatable bonds is 3. The molecule has 6 rings (SSSR count). The van der Waals surface area contributed by atoms with Crippen molar-refractivity contribution in [3.8, 4) is 0 Å². The number of halogens is 1. The lowest BCUT2D eigenvalue weighted by molar-refractivity contribution is -0.119. The lowest BCUT2D eigenvalue weighted by Crippen LogP contribution is -2.36. The highest BCUT2D eigenvalue weighted by Crippen LogP contribution is 2.45. The standard InChI is InChI=1S/C30H22ClNO/c31-25-10-5-6-20(16-25)19-32-28-15-14-22-8-3-4-11-26(22)30(28)27(18-29(32)33)24-13-12-21-7-1-2-9-23(21)17-24/h1-17,27H,18-19H2. The molecule has 0 bridgehead atoms. The van der Waals surface area contributed by atoms with Crippen LogP contribution in [0.4, 0.5) is 5.69 Å². The minimum atomic E-state index is 0.0128. The molecule has 1 aliphatic rings. The molecule has 0 saturated carbocycles. The second-order valence-electron chi connectivity index (χ2n) is 8.69. The summed E-state index contributed by atoms with van der Waals surface area (Å²) in [4.78, 5) is 15.4. The van der Waals surface area contributed by atoms with Gasteiger partial charge in [0.2, 0.25) is 5.91 Å². The van der Waals surface area contributed by atoms with Crippen molar-refractivity contribution in [2.24, 2.45) is 0 Å². The van der Waals surface area contributed by atoms with Gasteiger partial charge in [-0.25, -0.2) is 0 Å². The Hall–Kier alpha value is -3.62. The Morgan fingerprint density at radius 3 is 2.36 bits per heavy atom. The first kappa shape index (κ1) is 20.0. The average Bonchev–Trinajstić information content (AvgIpc) is 2.85. The molecule has 1 aliphatic heterocycles. The summed E-state index contributed by atoms with van der Waals surface area (Å²) in [6.07, 6.45) is 0.444. The van der Waals surface area contributed by atoms with Gasteiger partial charge in [0, 0.05) is 23.0 Å². The van der Waals surface area contributed by atoms with E-state index < -0.39 is 0 Å². The fourth-order valence-electron chi connectivity index (χ4n) is 5.11. The third-order valence-electron chi connectivity index (χ3n) is 6.67. The van der Waals surface area contributed by atoms with Gasteiger partial charge in [0.1, 0.15) is 0 Å². The quantitative estimate of drug-likeness (QED) is 0.277. The van der Waals surface area contributed by atoms with Gasteiger partial charge in [-0.15, -0.1) is 0 Å². The van der Waals surface area contributed by atoms with Crippen molar-refractivity contribution in [2.75, 3.05) is 4.90 Å². The molecule has 0 aromatic heterocycles. The number of fused-ring (bicyclic) bond motifs is 4. The average molecular weight is 448 g/mol. The van der Waals surface area contributed by atoms with Crippen molar-refractivity contribution >= 4 is 44.7 Å². The topological polar surface area (TPSA) is 20.3 Å². The van der Waals surface area contributed by atoms with E-state index in [2.05, 4.69) is 78.9 Å². The van der Waals surface area contributed by atoms with Gasteiger partial charge in [0.05, 0.1) is 6.54 Å². The zero-order chi connectivity index (χ0) is 22.4. The third-order valence-corrected chi connectivity index (χ3v) is 6.91. The fourth-order valence-corrected chi connectivity index (χ4v) is 5.32. The van der Waals surface area contributed by atoms with E-state index in [1.807, 2.05) is 29.2 Å². The van der Waals surface area contributed by atoms with E-state index in [1.54, 1.807) is 0 Å². The summed E-state index contributed by atoms with van der Waals surface area (Å²) in [6.45, 7) is 0.509. The van der Waals surface area contributed by atoms with Crippen LogP contribution in [0.25, 0.3) is 21.5 Å². The molecular formula is C30H22ClNO. The SMILES string of the molecule is O=C1CC(c2ccc3ccccc3c2)c2c(ccc3ccccc23)N1Cc1cccc(Cl)c1. The number of nitrogens with zero attached hydrogens (tertiary/aromatic N) is 1. The largest absolute Gasteiger partial charge is 0.308 e. The number of hydrogen-bond acceptors (Lipinski definition) is 1. The maximum absolute atomic E-state index is 13.5. The number of hydrogen-bond donors (Lipinski definition) is 0.